The second-order valence-electron chi connectivity index (χ2n) is 8.97. The van der Waals surface area contributed by atoms with Crippen molar-refractivity contribution in [2.75, 3.05) is 41.5 Å². The van der Waals surface area contributed by atoms with Gasteiger partial charge in [0.15, 0.2) is 11.5 Å². The zero-order valence-electron chi connectivity index (χ0n) is 22.1. The fourth-order valence-corrected chi connectivity index (χ4v) is 5.17. The highest BCUT2D eigenvalue weighted by Gasteiger charge is 2.46. The van der Waals surface area contributed by atoms with Crippen molar-refractivity contribution in [2.45, 2.75) is 45.4 Å². The molecule has 0 bridgehead atoms. The van der Waals surface area contributed by atoms with Crippen molar-refractivity contribution in [3.63, 3.8) is 0 Å². The first-order valence-corrected chi connectivity index (χ1v) is 12.3. The van der Waals surface area contributed by atoms with Gasteiger partial charge in [0.05, 0.1) is 49.7 Å². The molecule has 1 aromatic heterocycles. The van der Waals surface area contributed by atoms with Crippen molar-refractivity contribution in [1.82, 2.24) is 14.8 Å². The molecule has 8 nitrogen and oxygen atoms in total. The molecular formula is C28H37N3O5. The second kappa shape index (κ2) is 11.6. The van der Waals surface area contributed by atoms with E-state index < -0.39 is 6.10 Å². The fourth-order valence-electron chi connectivity index (χ4n) is 5.17. The number of benzene rings is 1. The zero-order valence-corrected chi connectivity index (χ0v) is 22.1. The number of aliphatic hydroxyl groups is 1. The summed E-state index contributed by atoms with van der Waals surface area (Å²) in [6.45, 7) is 5.87. The van der Waals surface area contributed by atoms with Crippen molar-refractivity contribution in [3.8, 4) is 24.3 Å². The Morgan fingerprint density at radius 1 is 1.19 bits per heavy atom. The maximum atomic E-state index is 11.9. The molecule has 194 valence electrons. The number of carbonyl (C=O) groups excluding carboxylic acids is 1. The van der Waals surface area contributed by atoms with Crippen LogP contribution < -0.4 is 9.47 Å². The van der Waals surface area contributed by atoms with Crippen molar-refractivity contribution in [1.29, 1.82) is 0 Å². The summed E-state index contributed by atoms with van der Waals surface area (Å²) in [6, 6.07) is 3.87. The molecular weight excluding hydrogens is 458 g/mol. The van der Waals surface area contributed by atoms with E-state index in [9.17, 15) is 9.90 Å². The van der Waals surface area contributed by atoms with E-state index in [1.165, 1.54) is 11.1 Å². The molecule has 1 aromatic carbocycles. The minimum atomic E-state index is -0.741. The molecule has 3 aliphatic heterocycles. The Hall–Kier alpha value is -3.28. The zero-order chi connectivity index (χ0) is 26.6. The first kappa shape index (κ1) is 27.3. The van der Waals surface area contributed by atoms with Crippen LogP contribution in [0.5, 0.6) is 11.5 Å². The van der Waals surface area contributed by atoms with Crippen LogP contribution in [0.2, 0.25) is 0 Å². The summed E-state index contributed by atoms with van der Waals surface area (Å²) >= 11 is 0. The average Bonchev–Trinajstić information content (AvgIpc) is 3.38. The van der Waals surface area contributed by atoms with Gasteiger partial charge in [0.25, 0.3) is 0 Å². The number of esters is 1. The molecule has 1 saturated heterocycles. The number of fused-ring (bicyclic) bond motifs is 6. The third-order valence-corrected chi connectivity index (χ3v) is 6.83. The summed E-state index contributed by atoms with van der Waals surface area (Å²) in [5.74, 6) is 0.851. The monoisotopic (exact) mass is 495 g/mol. The summed E-state index contributed by atoms with van der Waals surface area (Å²) in [4.78, 5) is 21.3. The highest BCUT2D eigenvalue weighted by molar-refractivity contribution is 5.90. The van der Waals surface area contributed by atoms with Gasteiger partial charge in [0.1, 0.15) is 6.61 Å². The smallest absolute Gasteiger partial charge is 0.308 e. The number of ether oxygens (including phenoxy) is 3. The van der Waals surface area contributed by atoms with Gasteiger partial charge in [0.2, 0.25) is 0 Å². The topological polar surface area (TPSA) is 84.4 Å². The standard InChI is InChI=1S/C24H29N3O5.C2H6.C2H2/c1-26(2)6-5-13-14-8-21(30-3)22(31-4)9-17(14)25-24-16(13)11-27-18(24)7-15-19(27)12-32-23(29)10-20(15)28;2*1-2/h7-9,15,19-20,28H,5-6,10-12H2,1-4H3;1-2H3;1-2H. The molecule has 0 amide bonds. The summed E-state index contributed by atoms with van der Waals surface area (Å²) in [5.41, 5.74) is 5.27. The predicted octanol–water partition coefficient (Wildman–Crippen LogP) is 3.09. The first-order chi connectivity index (χ1) is 17.4. The van der Waals surface area contributed by atoms with E-state index in [1.54, 1.807) is 14.2 Å². The number of aromatic nitrogens is 1. The van der Waals surface area contributed by atoms with Crippen LogP contribution >= 0.6 is 0 Å². The van der Waals surface area contributed by atoms with Gasteiger partial charge in [-0.15, -0.1) is 12.8 Å². The molecule has 36 heavy (non-hydrogen) atoms. The van der Waals surface area contributed by atoms with Gasteiger partial charge in [-0.1, -0.05) is 19.9 Å². The summed E-state index contributed by atoms with van der Waals surface area (Å²) < 4.78 is 16.5. The fraction of sp³-hybridized carbons (Fsp3) is 0.500. The number of rotatable bonds is 5. The van der Waals surface area contributed by atoms with Gasteiger partial charge in [0, 0.05) is 36.0 Å². The third-order valence-electron chi connectivity index (χ3n) is 6.83. The largest absolute Gasteiger partial charge is 0.493 e. The maximum absolute atomic E-state index is 11.9. The molecule has 0 radical (unpaired) electrons. The third kappa shape index (κ3) is 4.86. The number of pyridine rings is 1. The SMILES string of the molecule is C#C.CC.COc1cc2nc3c(c(CCN(C)C)c2cc1OC)CN1C3=CC2C(O)CC(=O)OCC21. The molecule has 0 saturated carbocycles. The average molecular weight is 496 g/mol. The minimum Gasteiger partial charge on any atom is -0.493 e. The molecule has 0 aliphatic carbocycles. The lowest BCUT2D eigenvalue weighted by atomic mass is 9.92. The van der Waals surface area contributed by atoms with Crippen molar-refractivity contribution < 1.29 is 24.1 Å². The Morgan fingerprint density at radius 3 is 2.50 bits per heavy atom. The molecule has 1 fully saturated rings. The number of hydrogen-bond acceptors (Lipinski definition) is 8. The van der Waals surface area contributed by atoms with Crippen LogP contribution in [0.4, 0.5) is 0 Å². The van der Waals surface area contributed by atoms with E-state index in [2.05, 4.69) is 42.8 Å². The quantitative estimate of drug-likeness (QED) is 0.501. The van der Waals surface area contributed by atoms with E-state index >= 15 is 0 Å². The van der Waals surface area contributed by atoms with Crippen LogP contribution in [0.25, 0.3) is 16.6 Å². The summed E-state index contributed by atoms with van der Waals surface area (Å²) in [6.07, 6.45) is 10.2. The lowest BCUT2D eigenvalue weighted by molar-refractivity contribution is -0.144. The van der Waals surface area contributed by atoms with E-state index in [-0.39, 0.29) is 31.0 Å². The number of nitrogens with zero attached hydrogens (tertiary/aromatic N) is 3. The molecule has 3 unspecified atom stereocenters. The number of hydrogen-bond donors (Lipinski definition) is 1. The highest BCUT2D eigenvalue weighted by atomic mass is 16.5. The van der Waals surface area contributed by atoms with Gasteiger partial charge in [-0.05, 0) is 32.1 Å². The predicted molar refractivity (Wildman–Crippen MR) is 141 cm³/mol. The van der Waals surface area contributed by atoms with Crippen LogP contribution in [0.3, 0.4) is 0 Å². The number of carbonyl (C=O) groups is 1. The van der Waals surface area contributed by atoms with E-state index in [0.29, 0.717) is 18.0 Å². The Morgan fingerprint density at radius 2 is 1.86 bits per heavy atom. The number of terminal acetylenes is 1. The number of cyclic esters (lactones) is 1. The normalized spacial score (nSPS) is 21.6. The maximum Gasteiger partial charge on any atom is 0.308 e. The van der Waals surface area contributed by atoms with Gasteiger partial charge < -0.3 is 29.1 Å². The molecule has 0 spiro atoms. The lowest BCUT2D eigenvalue weighted by Gasteiger charge is -2.28. The molecule has 8 heteroatoms. The van der Waals surface area contributed by atoms with Crippen LogP contribution in [0.15, 0.2) is 18.2 Å². The minimum absolute atomic E-state index is 0.0296. The summed E-state index contributed by atoms with van der Waals surface area (Å²) in [5, 5.41) is 11.7. The second-order valence-corrected chi connectivity index (χ2v) is 8.97. The molecule has 5 rings (SSSR count). The van der Waals surface area contributed by atoms with Crippen LogP contribution in [-0.4, -0.2) is 79.5 Å². The Balaban J connectivity index is 0.000000861. The summed E-state index contributed by atoms with van der Waals surface area (Å²) in [7, 11) is 7.41. The van der Waals surface area contributed by atoms with Gasteiger partial charge in [-0.25, -0.2) is 4.98 Å². The van der Waals surface area contributed by atoms with Gasteiger partial charge >= 0.3 is 5.97 Å². The molecule has 1 N–H and O–H groups in total. The number of methoxy groups -OCH3 is 2. The van der Waals surface area contributed by atoms with Crippen molar-refractivity contribution in [3.05, 3.63) is 35.0 Å². The Kier molecular flexibility index (Phi) is 8.83. The highest BCUT2D eigenvalue weighted by Crippen LogP contribution is 2.46. The van der Waals surface area contributed by atoms with Crippen LogP contribution in [0.1, 0.15) is 37.1 Å². The van der Waals surface area contributed by atoms with E-state index in [0.717, 1.165) is 35.3 Å². The van der Waals surface area contributed by atoms with E-state index in [4.69, 9.17) is 19.2 Å². The molecule has 3 aliphatic rings. The molecule has 2 aromatic rings. The first-order valence-electron chi connectivity index (χ1n) is 12.3. The molecule has 3 atom stereocenters. The Bertz CT molecular complexity index is 1160. The van der Waals surface area contributed by atoms with Crippen LogP contribution in [0, 0.1) is 18.8 Å². The van der Waals surface area contributed by atoms with Crippen LogP contribution in [-0.2, 0) is 22.5 Å². The Labute approximate surface area is 213 Å². The number of likely N-dealkylation sites (N-methyl/N-ethyl adjacent to an activating group) is 1. The van der Waals surface area contributed by atoms with Crippen molar-refractivity contribution >= 4 is 22.6 Å². The lowest BCUT2D eigenvalue weighted by Crippen LogP contribution is -2.38. The number of aliphatic hydroxyl groups excluding tert-OH is 1. The van der Waals surface area contributed by atoms with Gasteiger partial charge in [-0.2, -0.15) is 0 Å². The van der Waals surface area contributed by atoms with Gasteiger partial charge in [-0.3, -0.25) is 4.79 Å². The van der Waals surface area contributed by atoms with E-state index in [1.807, 2.05) is 26.0 Å². The molecule has 4 heterocycles. The van der Waals surface area contributed by atoms with Crippen molar-refractivity contribution in [2.24, 2.45) is 5.92 Å².